The molecule has 8 nitrogen and oxygen atoms in total. The number of carboxylic acid groups (broad SMARTS) is 1. The third-order valence-corrected chi connectivity index (χ3v) is 2.42. The summed E-state index contributed by atoms with van der Waals surface area (Å²) < 4.78 is 11.2. The number of carbonyl (C=O) groups is 1. The number of rotatable bonds is 2. The van der Waals surface area contributed by atoms with E-state index in [1.807, 2.05) is 0 Å². The number of H-pyrrole nitrogens is 1. The smallest absolute Gasteiger partial charge is 0.373 e. The first-order valence-corrected chi connectivity index (χ1v) is 4.98. The highest BCUT2D eigenvalue weighted by Crippen LogP contribution is 2.33. The molecule has 1 aliphatic rings. The van der Waals surface area contributed by atoms with Crippen LogP contribution in [0.25, 0.3) is 5.69 Å². The fourth-order valence-electron chi connectivity index (χ4n) is 1.61. The van der Waals surface area contributed by atoms with Gasteiger partial charge < -0.3 is 14.6 Å². The van der Waals surface area contributed by atoms with Gasteiger partial charge in [0, 0.05) is 6.07 Å². The Morgan fingerprint density at radius 2 is 2.17 bits per heavy atom. The van der Waals surface area contributed by atoms with Crippen LogP contribution in [0, 0.1) is 0 Å². The molecule has 92 valence electrons. The third kappa shape index (κ3) is 1.51. The summed E-state index contributed by atoms with van der Waals surface area (Å²) in [6, 6.07) is 4.76. The van der Waals surface area contributed by atoms with Gasteiger partial charge in [-0.1, -0.05) is 0 Å². The molecule has 0 saturated heterocycles. The van der Waals surface area contributed by atoms with Crippen LogP contribution in [-0.2, 0) is 0 Å². The van der Waals surface area contributed by atoms with Gasteiger partial charge in [0.1, 0.15) is 0 Å². The summed E-state index contributed by atoms with van der Waals surface area (Å²) in [6.07, 6.45) is 0. The summed E-state index contributed by atoms with van der Waals surface area (Å²) in [5, 5.41) is 12.4. The van der Waals surface area contributed by atoms with Crippen molar-refractivity contribution in [2.45, 2.75) is 0 Å². The summed E-state index contributed by atoms with van der Waals surface area (Å²) >= 11 is 0. The third-order valence-electron chi connectivity index (χ3n) is 2.42. The molecule has 0 fully saturated rings. The molecule has 1 aromatic carbocycles. The summed E-state index contributed by atoms with van der Waals surface area (Å²) in [5.74, 6) is -0.663. The fraction of sp³-hybridized carbons (Fsp3) is 0.100. The van der Waals surface area contributed by atoms with Crippen LogP contribution in [-0.4, -0.2) is 32.6 Å². The number of nitrogens with zero attached hydrogens (tertiary/aromatic N) is 2. The van der Waals surface area contributed by atoms with Crippen molar-refractivity contribution in [3.8, 4) is 17.2 Å². The first kappa shape index (κ1) is 10.4. The van der Waals surface area contributed by atoms with Crippen molar-refractivity contribution in [3.05, 3.63) is 34.5 Å². The minimum Gasteiger partial charge on any atom is -0.475 e. The normalized spacial score (nSPS) is 12.7. The quantitative estimate of drug-likeness (QED) is 0.775. The number of aromatic amines is 1. The van der Waals surface area contributed by atoms with E-state index in [0.29, 0.717) is 17.2 Å². The standard InChI is InChI=1S/C10H7N3O5/c14-9(15)8-11-10(16)13(12-8)5-1-2-6-7(3-5)18-4-17-6/h1-3H,4H2,(H,14,15)(H,11,12,16). The van der Waals surface area contributed by atoms with E-state index in [-0.39, 0.29) is 6.79 Å². The SMILES string of the molecule is O=C(O)c1nn(-c2ccc3c(c2)OCO3)c(=O)[nH]1. The Bertz CT molecular complexity index is 687. The lowest BCUT2D eigenvalue weighted by molar-refractivity contribution is 0.0683. The highest BCUT2D eigenvalue weighted by atomic mass is 16.7. The van der Waals surface area contributed by atoms with Crippen LogP contribution in [0.2, 0.25) is 0 Å². The molecule has 0 bridgehead atoms. The van der Waals surface area contributed by atoms with E-state index in [4.69, 9.17) is 14.6 Å². The average Bonchev–Trinajstić information content (AvgIpc) is 2.93. The van der Waals surface area contributed by atoms with Gasteiger partial charge in [-0.3, -0.25) is 4.98 Å². The molecule has 3 rings (SSSR count). The molecule has 0 unspecified atom stereocenters. The van der Waals surface area contributed by atoms with Crippen molar-refractivity contribution in [1.82, 2.24) is 14.8 Å². The van der Waals surface area contributed by atoms with Gasteiger partial charge in [-0.2, -0.15) is 4.68 Å². The number of hydrogen-bond acceptors (Lipinski definition) is 5. The second-order valence-electron chi connectivity index (χ2n) is 3.53. The molecule has 1 aliphatic heterocycles. The van der Waals surface area contributed by atoms with Gasteiger partial charge in [-0.15, -0.1) is 5.10 Å². The minimum absolute atomic E-state index is 0.120. The van der Waals surface area contributed by atoms with Crippen LogP contribution in [0.1, 0.15) is 10.6 Å². The largest absolute Gasteiger partial charge is 0.475 e. The highest BCUT2D eigenvalue weighted by Gasteiger charge is 2.17. The summed E-state index contributed by atoms with van der Waals surface area (Å²) in [5.41, 5.74) is -0.237. The maximum atomic E-state index is 11.6. The number of benzene rings is 1. The Balaban J connectivity index is 2.10. The molecular formula is C10H7N3O5. The van der Waals surface area contributed by atoms with Crippen LogP contribution < -0.4 is 15.2 Å². The topological polar surface area (TPSA) is 106 Å². The van der Waals surface area contributed by atoms with Crippen molar-refractivity contribution >= 4 is 5.97 Å². The lowest BCUT2D eigenvalue weighted by Gasteiger charge is -2.00. The van der Waals surface area contributed by atoms with Crippen molar-refractivity contribution in [3.63, 3.8) is 0 Å². The number of hydrogen-bond donors (Lipinski definition) is 2. The zero-order valence-electron chi connectivity index (χ0n) is 8.91. The second kappa shape index (κ2) is 3.62. The Morgan fingerprint density at radius 1 is 1.39 bits per heavy atom. The van der Waals surface area contributed by atoms with E-state index in [1.54, 1.807) is 18.2 Å². The number of ether oxygens (including phenoxy) is 2. The predicted molar refractivity (Wildman–Crippen MR) is 57.3 cm³/mol. The molecule has 0 atom stereocenters. The summed E-state index contributed by atoms with van der Waals surface area (Å²) in [4.78, 5) is 24.4. The van der Waals surface area contributed by atoms with Crippen molar-refractivity contribution in [2.24, 2.45) is 0 Å². The van der Waals surface area contributed by atoms with Crippen LogP contribution in [0.3, 0.4) is 0 Å². The second-order valence-corrected chi connectivity index (χ2v) is 3.53. The number of carboxylic acids is 1. The van der Waals surface area contributed by atoms with Gasteiger partial charge in [0.25, 0.3) is 0 Å². The zero-order chi connectivity index (χ0) is 12.7. The lowest BCUT2D eigenvalue weighted by Crippen LogP contribution is -2.15. The average molecular weight is 249 g/mol. The Morgan fingerprint density at radius 3 is 2.89 bits per heavy atom. The summed E-state index contributed by atoms with van der Waals surface area (Å²) in [6.45, 7) is 0.120. The van der Waals surface area contributed by atoms with E-state index >= 15 is 0 Å². The van der Waals surface area contributed by atoms with Gasteiger partial charge in [0.05, 0.1) is 5.69 Å². The lowest BCUT2D eigenvalue weighted by atomic mass is 10.3. The Labute approximate surface area is 99.4 Å². The number of aromatic nitrogens is 3. The molecule has 18 heavy (non-hydrogen) atoms. The van der Waals surface area contributed by atoms with Gasteiger partial charge in [-0.25, -0.2) is 9.59 Å². The van der Waals surface area contributed by atoms with Gasteiger partial charge in [0.15, 0.2) is 11.5 Å². The van der Waals surface area contributed by atoms with Gasteiger partial charge in [-0.05, 0) is 12.1 Å². The molecule has 2 heterocycles. The summed E-state index contributed by atoms with van der Waals surface area (Å²) in [7, 11) is 0. The first-order valence-electron chi connectivity index (χ1n) is 4.98. The fourth-order valence-corrected chi connectivity index (χ4v) is 1.61. The molecule has 8 heteroatoms. The molecule has 2 aromatic rings. The molecule has 0 aliphatic carbocycles. The van der Waals surface area contributed by atoms with E-state index < -0.39 is 17.5 Å². The monoisotopic (exact) mass is 249 g/mol. The molecule has 0 radical (unpaired) electrons. The van der Waals surface area contributed by atoms with Crippen molar-refractivity contribution in [1.29, 1.82) is 0 Å². The maximum absolute atomic E-state index is 11.6. The molecule has 1 aromatic heterocycles. The molecule has 0 spiro atoms. The van der Waals surface area contributed by atoms with Crippen LogP contribution in [0.5, 0.6) is 11.5 Å². The highest BCUT2D eigenvalue weighted by molar-refractivity contribution is 5.82. The maximum Gasteiger partial charge on any atom is 0.373 e. The molecule has 2 N–H and O–H groups in total. The van der Waals surface area contributed by atoms with Gasteiger partial charge >= 0.3 is 11.7 Å². The number of fused-ring (bicyclic) bond motifs is 1. The van der Waals surface area contributed by atoms with Crippen LogP contribution in [0.15, 0.2) is 23.0 Å². The zero-order valence-corrected chi connectivity index (χ0v) is 8.91. The molecular weight excluding hydrogens is 242 g/mol. The van der Waals surface area contributed by atoms with E-state index in [9.17, 15) is 9.59 Å². The van der Waals surface area contributed by atoms with Crippen LogP contribution in [0.4, 0.5) is 0 Å². The van der Waals surface area contributed by atoms with E-state index in [1.165, 1.54) is 0 Å². The van der Waals surface area contributed by atoms with Gasteiger partial charge in [0.2, 0.25) is 12.6 Å². The van der Waals surface area contributed by atoms with Crippen LogP contribution >= 0.6 is 0 Å². The molecule has 0 amide bonds. The van der Waals surface area contributed by atoms with Crippen molar-refractivity contribution in [2.75, 3.05) is 6.79 Å². The molecule has 0 saturated carbocycles. The Kier molecular flexibility index (Phi) is 2.09. The number of aromatic carboxylic acids is 1. The minimum atomic E-state index is -1.30. The van der Waals surface area contributed by atoms with E-state index in [0.717, 1.165) is 4.68 Å². The Hall–Kier alpha value is -2.77. The number of nitrogens with one attached hydrogen (secondary N) is 1. The predicted octanol–water partition coefficient (Wildman–Crippen LogP) is -0.0125. The first-order chi connectivity index (χ1) is 8.65. The van der Waals surface area contributed by atoms with Crippen molar-refractivity contribution < 1.29 is 19.4 Å². The van der Waals surface area contributed by atoms with E-state index in [2.05, 4.69) is 10.1 Å².